The van der Waals surface area contributed by atoms with Crippen molar-refractivity contribution in [3.05, 3.63) is 62.7 Å². The lowest BCUT2D eigenvalue weighted by atomic mass is 10.1. The average molecular weight is 349 g/mol. The van der Waals surface area contributed by atoms with E-state index in [-0.39, 0.29) is 28.7 Å². The minimum absolute atomic E-state index is 0.125. The van der Waals surface area contributed by atoms with E-state index < -0.39 is 4.92 Å². The van der Waals surface area contributed by atoms with Crippen LogP contribution < -0.4 is 10.1 Å². The van der Waals surface area contributed by atoms with Gasteiger partial charge < -0.3 is 10.1 Å². The summed E-state index contributed by atoms with van der Waals surface area (Å²) >= 11 is 5.97. The molecule has 0 atom stereocenters. The van der Waals surface area contributed by atoms with E-state index in [1.165, 1.54) is 18.2 Å². The lowest BCUT2D eigenvalue weighted by Crippen LogP contribution is -2.13. The monoisotopic (exact) mass is 348 g/mol. The van der Waals surface area contributed by atoms with Gasteiger partial charge in [0.2, 0.25) is 5.91 Å². The number of aryl methyl sites for hydroxylation is 2. The van der Waals surface area contributed by atoms with E-state index in [9.17, 15) is 14.9 Å². The maximum absolute atomic E-state index is 12.1. The number of rotatable bonds is 6. The number of hydrogen-bond acceptors (Lipinski definition) is 4. The van der Waals surface area contributed by atoms with Crippen LogP contribution in [0.15, 0.2) is 36.4 Å². The van der Waals surface area contributed by atoms with Gasteiger partial charge in [-0.05, 0) is 36.6 Å². The van der Waals surface area contributed by atoms with Crippen molar-refractivity contribution < 1.29 is 14.5 Å². The Morgan fingerprint density at radius 1 is 1.29 bits per heavy atom. The summed E-state index contributed by atoms with van der Waals surface area (Å²) in [5.41, 5.74) is 2.12. The number of anilines is 1. The number of halogens is 1. The molecule has 0 aliphatic heterocycles. The van der Waals surface area contributed by atoms with Crippen LogP contribution in [0.2, 0.25) is 5.02 Å². The van der Waals surface area contributed by atoms with Crippen molar-refractivity contribution in [3.8, 4) is 5.75 Å². The SMILES string of the molecule is COc1ccc(CCC(=O)Nc2cc([N+](=O)[O-])ccc2Cl)cc1C. The Morgan fingerprint density at radius 3 is 2.67 bits per heavy atom. The third-order valence-electron chi connectivity index (χ3n) is 3.53. The molecule has 1 N–H and O–H groups in total. The second-order valence-corrected chi connectivity index (χ2v) is 5.68. The van der Waals surface area contributed by atoms with Gasteiger partial charge in [0, 0.05) is 18.6 Å². The Bertz CT molecular complexity index is 777. The second kappa shape index (κ2) is 7.79. The Morgan fingerprint density at radius 2 is 2.04 bits per heavy atom. The van der Waals surface area contributed by atoms with Gasteiger partial charge >= 0.3 is 0 Å². The first-order valence-corrected chi connectivity index (χ1v) is 7.66. The number of hydrogen-bond donors (Lipinski definition) is 1. The van der Waals surface area contributed by atoms with E-state index in [0.717, 1.165) is 16.9 Å². The summed E-state index contributed by atoms with van der Waals surface area (Å²) in [5.74, 6) is 0.539. The van der Waals surface area contributed by atoms with Crippen LogP contribution in [0.1, 0.15) is 17.5 Å². The normalized spacial score (nSPS) is 10.3. The number of methoxy groups -OCH3 is 1. The molecule has 0 aromatic heterocycles. The smallest absolute Gasteiger partial charge is 0.271 e. The fraction of sp³-hybridized carbons (Fsp3) is 0.235. The summed E-state index contributed by atoms with van der Waals surface area (Å²) in [5, 5.41) is 13.7. The number of nitro benzene ring substituents is 1. The highest BCUT2D eigenvalue weighted by Gasteiger charge is 2.12. The molecule has 0 heterocycles. The van der Waals surface area contributed by atoms with Crippen molar-refractivity contribution in [2.24, 2.45) is 0 Å². The summed E-state index contributed by atoms with van der Waals surface area (Å²) in [4.78, 5) is 22.3. The molecule has 0 saturated carbocycles. The van der Waals surface area contributed by atoms with Gasteiger partial charge in [-0.15, -0.1) is 0 Å². The van der Waals surface area contributed by atoms with E-state index in [2.05, 4.69) is 5.32 Å². The van der Waals surface area contributed by atoms with Crippen molar-refractivity contribution in [3.63, 3.8) is 0 Å². The quantitative estimate of drug-likeness (QED) is 0.628. The topological polar surface area (TPSA) is 81.5 Å². The Balaban J connectivity index is 2.00. The van der Waals surface area contributed by atoms with Crippen molar-refractivity contribution in [2.45, 2.75) is 19.8 Å². The Kier molecular flexibility index (Phi) is 5.76. The van der Waals surface area contributed by atoms with E-state index in [1.54, 1.807) is 7.11 Å². The summed E-state index contributed by atoms with van der Waals surface area (Å²) < 4.78 is 5.20. The highest BCUT2D eigenvalue weighted by atomic mass is 35.5. The number of amides is 1. The largest absolute Gasteiger partial charge is 0.496 e. The number of carbonyl (C=O) groups is 1. The molecule has 6 nitrogen and oxygen atoms in total. The van der Waals surface area contributed by atoms with Crippen LogP contribution in [-0.4, -0.2) is 17.9 Å². The summed E-state index contributed by atoms with van der Waals surface area (Å²) in [6.45, 7) is 1.94. The van der Waals surface area contributed by atoms with Crippen LogP contribution in [0, 0.1) is 17.0 Å². The summed E-state index contributed by atoms with van der Waals surface area (Å²) in [6, 6.07) is 9.66. The molecule has 0 saturated heterocycles. The molecule has 0 bridgehead atoms. The van der Waals surface area contributed by atoms with Gasteiger partial charge in [0.1, 0.15) is 5.75 Å². The first kappa shape index (κ1) is 17.7. The number of non-ortho nitro benzene ring substituents is 1. The van der Waals surface area contributed by atoms with Crippen LogP contribution in [0.4, 0.5) is 11.4 Å². The van der Waals surface area contributed by atoms with E-state index in [0.29, 0.717) is 6.42 Å². The van der Waals surface area contributed by atoms with Crippen LogP contribution in [0.3, 0.4) is 0 Å². The fourth-order valence-corrected chi connectivity index (χ4v) is 2.45. The molecule has 2 aromatic rings. The number of nitro groups is 1. The zero-order valence-electron chi connectivity index (χ0n) is 13.3. The van der Waals surface area contributed by atoms with Gasteiger partial charge in [0.25, 0.3) is 5.69 Å². The predicted octanol–water partition coefficient (Wildman–Crippen LogP) is 4.14. The Labute approximate surface area is 144 Å². The standard InChI is InChI=1S/C17H17ClN2O4/c1-11-9-12(3-7-16(11)24-2)4-8-17(21)19-15-10-13(20(22)23)5-6-14(15)18/h3,5-7,9-10H,4,8H2,1-2H3,(H,19,21). The molecular weight excluding hydrogens is 332 g/mol. The van der Waals surface area contributed by atoms with Gasteiger partial charge in [-0.1, -0.05) is 23.7 Å². The number of ether oxygens (including phenoxy) is 1. The van der Waals surface area contributed by atoms with Crippen LogP contribution in [0.5, 0.6) is 5.75 Å². The average Bonchev–Trinajstić information content (AvgIpc) is 2.55. The van der Waals surface area contributed by atoms with Crippen molar-refractivity contribution in [2.75, 3.05) is 12.4 Å². The Hall–Kier alpha value is -2.60. The van der Waals surface area contributed by atoms with Crippen LogP contribution in [0.25, 0.3) is 0 Å². The van der Waals surface area contributed by atoms with Gasteiger partial charge in [-0.2, -0.15) is 0 Å². The number of nitrogens with zero attached hydrogens (tertiary/aromatic N) is 1. The van der Waals surface area contributed by atoms with Gasteiger partial charge in [-0.25, -0.2) is 0 Å². The molecule has 0 aliphatic carbocycles. The second-order valence-electron chi connectivity index (χ2n) is 5.27. The minimum Gasteiger partial charge on any atom is -0.496 e. The van der Waals surface area contributed by atoms with Crippen molar-refractivity contribution in [1.82, 2.24) is 0 Å². The highest BCUT2D eigenvalue weighted by Crippen LogP contribution is 2.27. The molecule has 24 heavy (non-hydrogen) atoms. The molecule has 0 fully saturated rings. The molecule has 2 rings (SSSR count). The van der Waals surface area contributed by atoms with Crippen molar-refractivity contribution in [1.29, 1.82) is 0 Å². The zero-order valence-corrected chi connectivity index (χ0v) is 14.1. The molecule has 2 aromatic carbocycles. The minimum atomic E-state index is -0.536. The van der Waals surface area contributed by atoms with E-state index in [1.807, 2.05) is 25.1 Å². The summed E-state index contributed by atoms with van der Waals surface area (Å²) in [6.07, 6.45) is 0.786. The first-order valence-electron chi connectivity index (χ1n) is 7.28. The predicted molar refractivity (Wildman–Crippen MR) is 92.8 cm³/mol. The van der Waals surface area contributed by atoms with Gasteiger partial charge in [0.05, 0.1) is 22.7 Å². The summed E-state index contributed by atoms with van der Waals surface area (Å²) in [7, 11) is 1.61. The van der Waals surface area contributed by atoms with Gasteiger partial charge in [0.15, 0.2) is 0 Å². The van der Waals surface area contributed by atoms with Crippen molar-refractivity contribution >= 4 is 28.9 Å². The maximum atomic E-state index is 12.1. The molecule has 0 unspecified atom stereocenters. The number of carbonyl (C=O) groups excluding carboxylic acids is 1. The van der Waals surface area contributed by atoms with Crippen LogP contribution >= 0.6 is 11.6 Å². The lowest BCUT2D eigenvalue weighted by molar-refractivity contribution is -0.384. The van der Waals surface area contributed by atoms with E-state index in [4.69, 9.17) is 16.3 Å². The van der Waals surface area contributed by atoms with Crippen LogP contribution in [-0.2, 0) is 11.2 Å². The molecule has 0 radical (unpaired) electrons. The first-order chi connectivity index (χ1) is 11.4. The molecule has 0 aliphatic rings. The lowest BCUT2D eigenvalue weighted by Gasteiger charge is -2.09. The molecule has 0 spiro atoms. The number of benzene rings is 2. The zero-order chi connectivity index (χ0) is 17.7. The van der Waals surface area contributed by atoms with Gasteiger partial charge in [-0.3, -0.25) is 14.9 Å². The number of nitrogens with one attached hydrogen (secondary N) is 1. The molecule has 126 valence electrons. The molecule has 1 amide bonds. The third-order valence-corrected chi connectivity index (χ3v) is 3.86. The third kappa shape index (κ3) is 4.45. The molecule has 7 heteroatoms. The molecular formula is C17H17ClN2O4. The maximum Gasteiger partial charge on any atom is 0.271 e. The highest BCUT2D eigenvalue weighted by molar-refractivity contribution is 6.33. The van der Waals surface area contributed by atoms with E-state index >= 15 is 0 Å². The fourth-order valence-electron chi connectivity index (χ4n) is 2.29.